The van der Waals surface area contributed by atoms with E-state index >= 15 is 0 Å². The zero-order chi connectivity index (χ0) is 21.4. The van der Waals surface area contributed by atoms with Gasteiger partial charge in [0.15, 0.2) is 16.7 Å². The van der Waals surface area contributed by atoms with Crippen LogP contribution in [-0.2, 0) is 0 Å². The van der Waals surface area contributed by atoms with E-state index in [0.717, 1.165) is 16.1 Å². The van der Waals surface area contributed by atoms with Crippen molar-refractivity contribution in [3.8, 4) is 29.1 Å². The minimum atomic E-state index is -0.517. The first-order valence-corrected chi connectivity index (χ1v) is 9.81. The molecule has 0 amide bonds. The molecule has 8 nitrogen and oxygen atoms in total. The lowest BCUT2D eigenvalue weighted by molar-refractivity contribution is 0.323. The third-order valence-corrected chi connectivity index (χ3v) is 6.02. The number of thioether (sulfide) groups is 1. The Morgan fingerprint density at radius 3 is 2.30 bits per heavy atom. The summed E-state index contributed by atoms with van der Waals surface area (Å²) >= 11 is 1.49. The van der Waals surface area contributed by atoms with Gasteiger partial charge in [-0.05, 0) is 41.6 Å². The van der Waals surface area contributed by atoms with Crippen LogP contribution >= 0.6 is 11.8 Å². The minimum Gasteiger partial charge on any atom is -0.497 e. The van der Waals surface area contributed by atoms with Gasteiger partial charge in [0.05, 0.1) is 39.7 Å². The van der Waals surface area contributed by atoms with Gasteiger partial charge >= 0.3 is 0 Å². The first-order valence-electron chi connectivity index (χ1n) is 8.99. The lowest BCUT2D eigenvalue weighted by atomic mass is 9.95. The number of aliphatic imine (C=N–C) groups is 1. The Labute approximate surface area is 178 Å². The van der Waals surface area contributed by atoms with Crippen molar-refractivity contribution >= 4 is 22.6 Å². The van der Waals surface area contributed by atoms with Crippen LogP contribution in [0.25, 0.3) is 0 Å². The second-order valence-corrected chi connectivity index (χ2v) is 7.48. The second kappa shape index (κ2) is 7.72. The summed E-state index contributed by atoms with van der Waals surface area (Å²) < 4.78 is 21.9. The first-order chi connectivity index (χ1) is 14.6. The average molecular weight is 424 g/mol. The summed E-state index contributed by atoms with van der Waals surface area (Å²) in [5, 5.41) is 10.6. The topological polar surface area (TPSA) is 102 Å². The number of nitrogens with two attached hydrogens (primary N) is 1. The third-order valence-electron chi connectivity index (χ3n) is 4.98. The number of fused-ring (bicyclic) bond motifs is 3. The number of nitrogens with zero attached hydrogens (tertiary/aromatic N) is 3. The Balaban J connectivity index is 1.94. The number of anilines is 1. The number of benzene rings is 2. The van der Waals surface area contributed by atoms with Crippen LogP contribution in [-0.4, -0.2) is 33.6 Å². The molecule has 2 heterocycles. The SMILES string of the molecule is COc1ccc2c(c1)N1C(=NC(N)=C(C#N)[C@H]1c1cc(OC)c(OC)c(OC)c1)S2. The van der Waals surface area contributed by atoms with Crippen molar-refractivity contribution in [1.82, 2.24) is 0 Å². The van der Waals surface area contributed by atoms with Crippen molar-refractivity contribution in [3.05, 3.63) is 47.3 Å². The van der Waals surface area contributed by atoms with Crippen LogP contribution in [0.1, 0.15) is 11.6 Å². The molecule has 2 aromatic rings. The highest BCUT2D eigenvalue weighted by atomic mass is 32.2. The third kappa shape index (κ3) is 2.97. The number of amidine groups is 1. The molecule has 0 unspecified atom stereocenters. The van der Waals surface area contributed by atoms with Gasteiger partial charge in [-0.2, -0.15) is 5.26 Å². The van der Waals surface area contributed by atoms with Crippen molar-refractivity contribution in [3.63, 3.8) is 0 Å². The zero-order valence-corrected chi connectivity index (χ0v) is 17.7. The van der Waals surface area contributed by atoms with E-state index in [2.05, 4.69) is 11.1 Å². The summed E-state index contributed by atoms with van der Waals surface area (Å²) in [5.41, 5.74) is 8.16. The van der Waals surface area contributed by atoms with Crippen LogP contribution < -0.4 is 29.6 Å². The normalized spacial score (nSPS) is 17.0. The molecule has 154 valence electrons. The Hall–Kier alpha value is -3.51. The van der Waals surface area contributed by atoms with E-state index < -0.39 is 6.04 Å². The van der Waals surface area contributed by atoms with Crippen LogP contribution in [0.3, 0.4) is 0 Å². The molecule has 30 heavy (non-hydrogen) atoms. The zero-order valence-electron chi connectivity index (χ0n) is 16.9. The monoisotopic (exact) mass is 424 g/mol. The van der Waals surface area contributed by atoms with Gasteiger partial charge in [0, 0.05) is 11.0 Å². The van der Waals surface area contributed by atoms with Crippen molar-refractivity contribution < 1.29 is 18.9 Å². The number of hydrogen-bond acceptors (Lipinski definition) is 9. The van der Waals surface area contributed by atoms with E-state index in [-0.39, 0.29) is 5.82 Å². The van der Waals surface area contributed by atoms with Crippen molar-refractivity contribution in [2.75, 3.05) is 33.3 Å². The van der Waals surface area contributed by atoms with Gasteiger partial charge in [-0.3, -0.25) is 0 Å². The summed E-state index contributed by atoms with van der Waals surface area (Å²) in [5.74, 6) is 2.35. The number of methoxy groups -OCH3 is 4. The molecule has 4 rings (SSSR count). The highest BCUT2D eigenvalue weighted by Gasteiger charge is 2.40. The molecule has 0 aromatic heterocycles. The molecule has 2 aliphatic rings. The number of hydrogen-bond donors (Lipinski definition) is 1. The van der Waals surface area contributed by atoms with E-state index in [4.69, 9.17) is 24.7 Å². The molecule has 0 aliphatic carbocycles. The van der Waals surface area contributed by atoms with Crippen LogP contribution in [0, 0.1) is 11.3 Å². The largest absolute Gasteiger partial charge is 0.497 e. The standard InChI is InChI=1S/C21H20N4O4S/c1-26-12-5-6-17-14(9-12)25-18(13(10-22)20(23)24-21(25)30-17)11-7-15(27-2)19(29-4)16(8-11)28-3/h5-9,18H,23H2,1-4H3/t18-/m1/s1. The Bertz CT molecular complexity index is 1100. The van der Waals surface area contributed by atoms with Crippen LogP contribution in [0.4, 0.5) is 5.69 Å². The van der Waals surface area contributed by atoms with Gasteiger partial charge in [0.1, 0.15) is 23.7 Å². The van der Waals surface area contributed by atoms with Crippen molar-refractivity contribution in [2.45, 2.75) is 10.9 Å². The Kier molecular flexibility index (Phi) is 5.10. The van der Waals surface area contributed by atoms with Crippen molar-refractivity contribution in [1.29, 1.82) is 5.26 Å². The number of nitriles is 1. The Morgan fingerprint density at radius 2 is 1.73 bits per heavy atom. The first kappa shape index (κ1) is 19.8. The molecule has 2 aromatic carbocycles. The molecule has 0 fully saturated rings. The van der Waals surface area contributed by atoms with Gasteiger partial charge in [-0.15, -0.1) is 0 Å². The van der Waals surface area contributed by atoms with Crippen LogP contribution in [0.2, 0.25) is 0 Å². The summed E-state index contributed by atoms with van der Waals surface area (Å²) in [6, 6.07) is 11.1. The highest BCUT2D eigenvalue weighted by Crippen LogP contribution is 2.51. The fraction of sp³-hybridized carbons (Fsp3) is 0.238. The lowest BCUT2D eigenvalue weighted by Gasteiger charge is -2.33. The van der Waals surface area contributed by atoms with Gasteiger partial charge in [-0.25, -0.2) is 4.99 Å². The average Bonchev–Trinajstić information content (AvgIpc) is 3.13. The predicted molar refractivity (Wildman–Crippen MR) is 114 cm³/mol. The summed E-state index contributed by atoms with van der Waals surface area (Å²) in [4.78, 5) is 7.46. The Morgan fingerprint density at radius 1 is 1.03 bits per heavy atom. The maximum Gasteiger partial charge on any atom is 0.203 e. The van der Waals surface area contributed by atoms with Gasteiger partial charge < -0.3 is 29.6 Å². The molecule has 9 heteroatoms. The summed E-state index contributed by atoms with van der Waals surface area (Å²) in [6.45, 7) is 0. The minimum absolute atomic E-state index is 0.190. The van der Waals surface area contributed by atoms with E-state index in [1.165, 1.54) is 11.8 Å². The maximum absolute atomic E-state index is 9.91. The molecule has 0 saturated carbocycles. The van der Waals surface area contributed by atoms with Gasteiger partial charge in [0.2, 0.25) is 5.75 Å². The van der Waals surface area contributed by atoms with Crippen LogP contribution in [0.5, 0.6) is 23.0 Å². The quantitative estimate of drug-likeness (QED) is 0.779. The molecule has 0 saturated heterocycles. The van der Waals surface area contributed by atoms with Gasteiger partial charge in [0.25, 0.3) is 0 Å². The second-order valence-electron chi connectivity index (χ2n) is 6.47. The van der Waals surface area contributed by atoms with Gasteiger partial charge in [-0.1, -0.05) is 0 Å². The predicted octanol–water partition coefficient (Wildman–Crippen LogP) is 3.44. The molecule has 0 spiro atoms. The summed E-state index contributed by atoms with van der Waals surface area (Å²) in [7, 11) is 6.26. The van der Waals surface area contributed by atoms with E-state index in [0.29, 0.717) is 33.7 Å². The highest BCUT2D eigenvalue weighted by molar-refractivity contribution is 8.14. The fourth-order valence-corrected chi connectivity index (χ4v) is 4.64. The molecule has 2 N–H and O–H groups in total. The molecule has 0 bridgehead atoms. The molecular formula is C21H20N4O4S. The van der Waals surface area contributed by atoms with E-state index in [1.807, 2.05) is 35.2 Å². The maximum atomic E-state index is 9.91. The van der Waals surface area contributed by atoms with E-state index in [9.17, 15) is 5.26 Å². The molecule has 2 aliphatic heterocycles. The lowest BCUT2D eigenvalue weighted by Crippen LogP contribution is -2.36. The van der Waals surface area contributed by atoms with Crippen molar-refractivity contribution in [2.24, 2.45) is 10.7 Å². The van der Waals surface area contributed by atoms with E-state index in [1.54, 1.807) is 28.4 Å². The number of ether oxygens (including phenoxy) is 4. The molecular weight excluding hydrogens is 404 g/mol. The number of rotatable bonds is 5. The fourth-order valence-electron chi connectivity index (χ4n) is 3.60. The van der Waals surface area contributed by atoms with Crippen LogP contribution in [0.15, 0.2) is 51.6 Å². The molecule has 1 atom stereocenters. The molecule has 0 radical (unpaired) electrons. The summed E-state index contributed by atoms with van der Waals surface area (Å²) in [6.07, 6.45) is 0. The smallest absolute Gasteiger partial charge is 0.203 e.